The molecule has 1 aromatic carbocycles. The lowest BCUT2D eigenvalue weighted by Crippen LogP contribution is -2.30. The average molecular weight is 354 g/mol. The first-order chi connectivity index (χ1) is 12.4. The normalized spacial score (nSPS) is 17.0. The summed E-state index contributed by atoms with van der Waals surface area (Å²) in [5, 5.41) is 7.31. The number of amides is 2. The zero-order valence-corrected chi connectivity index (χ0v) is 15.9. The Labute approximate surface area is 154 Å². The highest BCUT2D eigenvalue weighted by molar-refractivity contribution is 5.96. The van der Waals surface area contributed by atoms with E-state index in [0.29, 0.717) is 19.3 Å². The number of hydrogen-bond donors (Lipinski definition) is 1. The predicted molar refractivity (Wildman–Crippen MR) is 102 cm³/mol. The number of aromatic nitrogens is 2. The SMILES string of the molecule is Cc1nn(C)c(C)c1CCC(=O)Nc1ccc(N2C(=O)CCC2C)cc1. The number of carbonyl (C=O) groups is 2. The van der Waals surface area contributed by atoms with Gasteiger partial charge in [0, 0.05) is 43.0 Å². The highest BCUT2D eigenvalue weighted by Crippen LogP contribution is 2.27. The maximum absolute atomic E-state index is 12.3. The van der Waals surface area contributed by atoms with Gasteiger partial charge in [0.2, 0.25) is 11.8 Å². The van der Waals surface area contributed by atoms with Crippen LogP contribution in [0.25, 0.3) is 0 Å². The Morgan fingerprint density at radius 1 is 1.27 bits per heavy atom. The second-order valence-corrected chi connectivity index (χ2v) is 7.02. The lowest BCUT2D eigenvalue weighted by molar-refractivity contribution is -0.117. The highest BCUT2D eigenvalue weighted by Gasteiger charge is 2.28. The Morgan fingerprint density at radius 2 is 1.96 bits per heavy atom. The molecule has 0 aliphatic carbocycles. The Hall–Kier alpha value is -2.63. The van der Waals surface area contributed by atoms with Gasteiger partial charge in [-0.15, -0.1) is 0 Å². The second kappa shape index (κ2) is 7.32. The van der Waals surface area contributed by atoms with Crippen LogP contribution in [-0.4, -0.2) is 27.6 Å². The van der Waals surface area contributed by atoms with E-state index in [2.05, 4.69) is 17.3 Å². The maximum atomic E-state index is 12.3. The van der Waals surface area contributed by atoms with Crippen molar-refractivity contribution in [1.82, 2.24) is 9.78 Å². The van der Waals surface area contributed by atoms with Gasteiger partial charge in [0.1, 0.15) is 0 Å². The summed E-state index contributed by atoms with van der Waals surface area (Å²) >= 11 is 0. The fourth-order valence-corrected chi connectivity index (χ4v) is 3.57. The summed E-state index contributed by atoms with van der Waals surface area (Å²) in [6, 6.07) is 7.72. The monoisotopic (exact) mass is 354 g/mol. The molecule has 1 aliphatic heterocycles. The van der Waals surface area contributed by atoms with Crippen LogP contribution in [0.3, 0.4) is 0 Å². The fourth-order valence-electron chi connectivity index (χ4n) is 3.57. The molecule has 1 fully saturated rings. The first-order valence-corrected chi connectivity index (χ1v) is 9.08. The summed E-state index contributed by atoms with van der Waals surface area (Å²) in [4.78, 5) is 26.1. The summed E-state index contributed by atoms with van der Waals surface area (Å²) in [5.41, 5.74) is 4.85. The first-order valence-electron chi connectivity index (χ1n) is 9.08. The topological polar surface area (TPSA) is 67.2 Å². The molecule has 1 aromatic heterocycles. The smallest absolute Gasteiger partial charge is 0.227 e. The fraction of sp³-hybridized carbons (Fsp3) is 0.450. The van der Waals surface area contributed by atoms with Crippen molar-refractivity contribution in [3.8, 4) is 0 Å². The second-order valence-electron chi connectivity index (χ2n) is 7.02. The minimum Gasteiger partial charge on any atom is -0.326 e. The summed E-state index contributed by atoms with van der Waals surface area (Å²) < 4.78 is 1.85. The van der Waals surface area contributed by atoms with Crippen LogP contribution in [0.1, 0.15) is 43.1 Å². The van der Waals surface area contributed by atoms with Crippen molar-refractivity contribution in [3.63, 3.8) is 0 Å². The minimum absolute atomic E-state index is 0.0222. The molecular weight excluding hydrogens is 328 g/mol. The van der Waals surface area contributed by atoms with Crippen LogP contribution in [0.4, 0.5) is 11.4 Å². The van der Waals surface area contributed by atoms with E-state index in [1.54, 1.807) is 0 Å². The van der Waals surface area contributed by atoms with E-state index in [1.165, 1.54) is 0 Å². The van der Waals surface area contributed by atoms with Crippen molar-refractivity contribution in [2.45, 2.75) is 52.5 Å². The molecule has 2 heterocycles. The third-order valence-electron chi connectivity index (χ3n) is 5.18. The van der Waals surface area contributed by atoms with E-state index in [-0.39, 0.29) is 17.9 Å². The summed E-state index contributed by atoms with van der Waals surface area (Å²) in [5.74, 6) is 0.141. The molecule has 1 N–H and O–H groups in total. The first kappa shape index (κ1) is 18.2. The van der Waals surface area contributed by atoms with E-state index in [0.717, 1.165) is 34.7 Å². The van der Waals surface area contributed by atoms with Gasteiger partial charge >= 0.3 is 0 Å². The summed E-state index contributed by atoms with van der Waals surface area (Å²) in [7, 11) is 1.92. The lowest BCUT2D eigenvalue weighted by atomic mass is 10.1. The Morgan fingerprint density at radius 3 is 2.50 bits per heavy atom. The Kier molecular flexibility index (Phi) is 5.11. The van der Waals surface area contributed by atoms with Gasteiger partial charge in [0.15, 0.2) is 0 Å². The van der Waals surface area contributed by atoms with Gasteiger partial charge < -0.3 is 10.2 Å². The molecular formula is C20H26N4O2. The van der Waals surface area contributed by atoms with Gasteiger partial charge in [0.25, 0.3) is 0 Å². The standard InChI is InChI=1S/C20H26N4O2/c1-13-5-12-20(26)24(13)17-8-6-16(7-9-17)21-19(25)11-10-18-14(2)22-23(4)15(18)3/h6-9,13H,5,10-12H2,1-4H3,(H,21,25). The molecule has 1 saturated heterocycles. The number of hydrogen-bond acceptors (Lipinski definition) is 3. The van der Waals surface area contributed by atoms with E-state index in [9.17, 15) is 9.59 Å². The largest absolute Gasteiger partial charge is 0.326 e. The Balaban J connectivity index is 1.58. The third kappa shape index (κ3) is 3.64. The van der Waals surface area contributed by atoms with Crippen LogP contribution in [0.5, 0.6) is 0 Å². The van der Waals surface area contributed by atoms with Crippen LogP contribution in [0, 0.1) is 13.8 Å². The molecule has 1 aliphatic rings. The van der Waals surface area contributed by atoms with Crippen molar-refractivity contribution >= 4 is 23.2 Å². The molecule has 0 bridgehead atoms. The third-order valence-corrected chi connectivity index (χ3v) is 5.18. The zero-order valence-electron chi connectivity index (χ0n) is 15.9. The van der Waals surface area contributed by atoms with Crippen molar-refractivity contribution in [2.75, 3.05) is 10.2 Å². The molecule has 0 radical (unpaired) electrons. The molecule has 0 saturated carbocycles. The Bertz CT molecular complexity index is 823. The minimum atomic E-state index is -0.0222. The van der Waals surface area contributed by atoms with E-state index in [4.69, 9.17) is 0 Å². The molecule has 0 spiro atoms. The van der Waals surface area contributed by atoms with E-state index < -0.39 is 0 Å². The maximum Gasteiger partial charge on any atom is 0.227 e. The molecule has 2 amide bonds. The number of carbonyl (C=O) groups excluding carboxylic acids is 2. The van der Waals surface area contributed by atoms with Crippen molar-refractivity contribution in [2.24, 2.45) is 7.05 Å². The highest BCUT2D eigenvalue weighted by atomic mass is 16.2. The molecule has 3 rings (SSSR count). The number of aryl methyl sites for hydroxylation is 2. The van der Waals surface area contributed by atoms with Crippen LogP contribution in [-0.2, 0) is 23.1 Å². The number of benzene rings is 1. The van der Waals surface area contributed by atoms with E-state index >= 15 is 0 Å². The van der Waals surface area contributed by atoms with Crippen LogP contribution in [0.15, 0.2) is 24.3 Å². The molecule has 6 heteroatoms. The zero-order chi connectivity index (χ0) is 18.8. The number of rotatable bonds is 5. The van der Waals surface area contributed by atoms with Crippen LogP contribution in [0.2, 0.25) is 0 Å². The number of anilines is 2. The quantitative estimate of drug-likeness (QED) is 0.897. The van der Waals surface area contributed by atoms with E-state index in [1.807, 2.05) is 54.7 Å². The van der Waals surface area contributed by atoms with Crippen LogP contribution < -0.4 is 10.2 Å². The number of nitrogens with one attached hydrogen (secondary N) is 1. The van der Waals surface area contributed by atoms with Gasteiger partial charge in [-0.2, -0.15) is 5.10 Å². The predicted octanol–water partition coefficient (Wildman–Crippen LogP) is 3.12. The summed E-state index contributed by atoms with van der Waals surface area (Å²) in [6.07, 6.45) is 2.59. The molecule has 1 atom stereocenters. The van der Waals surface area contributed by atoms with Gasteiger partial charge in [-0.1, -0.05) is 0 Å². The molecule has 138 valence electrons. The molecule has 1 unspecified atom stereocenters. The number of nitrogens with zero attached hydrogens (tertiary/aromatic N) is 3. The van der Waals surface area contributed by atoms with Gasteiger partial charge in [0.05, 0.1) is 5.69 Å². The molecule has 26 heavy (non-hydrogen) atoms. The molecule has 2 aromatic rings. The van der Waals surface area contributed by atoms with Crippen molar-refractivity contribution in [1.29, 1.82) is 0 Å². The summed E-state index contributed by atoms with van der Waals surface area (Å²) in [6.45, 7) is 6.05. The van der Waals surface area contributed by atoms with Gasteiger partial charge in [-0.25, -0.2) is 0 Å². The van der Waals surface area contributed by atoms with Gasteiger partial charge in [-0.3, -0.25) is 14.3 Å². The van der Waals surface area contributed by atoms with Crippen LogP contribution >= 0.6 is 0 Å². The van der Waals surface area contributed by atoms with Gasteiger partial charge in [-0.05, 0) is 63.4 Å². The average Bonchev–Trinajstić information content (AvgIpc) is 3.05. The lowest BCUT2D eigenvalue weighted by Gasteiger charge is -2.21. The van der Waals surface area contributed by atoms with Crippen molar-refractivity contribution < 1.29 is 9.59 Å². The molecule has 6 nitrogen and oxygen atoms in total. The van der Waals surface area contributed by atoms with Crippen molar-refractivity contribution in [3.05, 3.63) is 41.2 Å².